The van der Waals surface area contributed by atoms with E-state index in [9.17, 15) is 9.18 Å². The molecule has 1 aliphatic rings. The van der Waals surface area contributed by atoms with Crippen LogP contribution in [0.15, 0.2) is 57.7 Å². The molecule has 0 amide bonds. The first-order valence-corrected chi connectivity index (χ1v) is 8.85. The van der Waals surface area contributed by atoms with E-state index in [-0.39, 0.29) is 11.4 Å². The molecule has 5 heteroatoms. The van der Waals surface area contributed by atoms with Gasteiger partial charge in [0.25, 0.3) is 0 Å². The van der Waals surface area contributed by atoms with Crippen LogP contribution in [0.4, 0.5) is 10.1 Å². The van der Waals surface area contributed by atoms with E-state index in [2.05, 4.69) is 15.9 Å². The van der Waals surface area contributed by atoms with Gasteiger partial charge in [0.15, 0.2) is 0 Å². The molecule has 0 spiro atoms. The third kappa shape index (κ3) is 3.35. The first-order valence-electron chi connectivity index (χ1n) is 8.85. The third-order valence-corrected chi connectivity index (χ3v) is 4.94. The minimum Gasteiger partial charge on any atom is -0.423 e. The first kappa shape index (κ1) is 16.8. The van der Waals surface area contributed by atoms with E-state index in [1.807, 2.05) is 31.2 Å². The maximum atomic E-state index is 14.0. The van der Waals surface area contributed by atoms with Crippen LogP contribution in [0.3, 0.4) is 0 Å². The summed E-state index contributed by atoms with van der Waals surface area (Å²) < 4.78 is 19.3. The summed E-state index contributed by atoms with van der Waals surface area (Å²) >= 11 is 0. The SMILES string of the molecule is Cc1ccc2oc(=O)cc(CN3CCN(c4ccccc4F)CC3)c2c1. The van der Waals surface area contributed by atoms with Gasteiger partial charge >= 0.3 is 5.63 Å². The summed E-state index contributed by atoms with van der Waals surface area (Å²) in [4.78, 5) is 16.2. The molecule has 4 rings (SSSR count). The van der Waals surface area contributed by atoms with Crippen molar-refractivity contribution >= 4 is 16.7 Å². The first-order chi connectivity index (χ1) is 12.6. The fourth-order valence-electron chi connectivity index (χ4n) is 3.57. The molecule has 0 atom stereocenters. The van der Waals surface area contributed by atoms with Crippen molar-refractivity contribution in [3.8, 4) is 0 Å². The minimum atomic E-state index is -0.318. The molecular formula is C21H21FN2O2. The van der Waals surface area contributed by atoms with E-state index in [0.29, 0.717) is 17.8 Å². The molecule has 1 fully saturated rings. The molecule has 134 valence electrons. The zero-order valence-electron chi connectivity index (χ0n) is 14.7. The number of aryl methyl sites for hydroxylation is 1. The molecule has 1 aliphatic heterocycles. The predicted octanol–water partition coefficient (Wildman–Crippen LogP) is 3.56. The summed E-state index contributed by atoms with van der Waals surface area (Å²) in [6, 6.07) is 14.3. The number of hydrogen-bond donors (Lipinski definition) is 0. The van der Waals surface area contributed by atoms with Gasteiger partial charge in [0.1, 0.15) is 11.4 Å². The van der Waals surface area contributed by atoms with Crippen molar-refractivity contribution < 1.29 is 8.81 Å². The molecule has 0 bridgehead atoms. The summed E-state index contributed by atoms with van der Waals surface area (Å²) in [6.07, 6.45) is 0. The van der Waals surface area contributed by atoms with Crippen LogP contribution in [0.5, 0.6) is 0 Å². The smallest absolute Gasteiger partial charge is 0.336 e. The zero-order valence-corrected chi connectivity index (χ0v) is 14.7. The standard InChI is InChI=1S/C21H21FN2O2/c1-15-6-7-20-17(12-15)16(13-21(25)26-20)14-23-8-10-24(11-9-23)19-5-3-2-4-18(19)22/h2-7,12-13H,8-11,14H2,1H3. The molecule has 26 heavy (non-hydrogen) atoms. The molecule has 3 aromatic rings. The van der Waals surface area contributed by atoms with Gasteiger partial charge < -0.3 is 9.32 Å². The summed E-state index contributed by atoms with van der Waals surface area (Å²) in [7, 11) is 0. The Morgan fingerprint density at radius 1 is 1.04 bits per heavy atom. The number of benzene rings is 2. The van der Waals surface area contributed by atoms with Gasteiger partial charge in [-0.2, -0.15) is 0 Å². The van der Waals surface area contributed by atoms with Gasteiger partial charge in [0.2, 0.25) is 0 Å². The average molecular weight is 352 g/mol. The van der Waals surface area contributed by atoms with E-state index in [0.717, 1.165) is 42.7 Å². The average Bonchev–Trinajstić information content (AvgIpc) is 2.63. The molecule has 2 aromatic carbocycles. The maximum Gasteiger partial charge on any atom is 0.336 e. The molecular weight excluding hydrogens is 331 g/mol. The lowest BCUT2D eigenvalue weighted by Gasteiger charge is -2.36. The van der Waals surface area contributed by atoms with Gasteiger partial charge in [-0.05, 0) is 36.8 Å². The fourth-order valence-corrected chi connectivity index (χ4v) is 3.57. The second-order valence-corrected chi connectivity index (χ2v) is 6.80. The summed E-state index contributed by atoms with van der Waals surface area (Å²) in [5.41, 5.74) is 3.09. The van der Waals surface area contributed by atoms with Crippen LogP contribution in [0, 0.1) is 12.7 Å². The molecule has 0 radical (unpaired) electrons. The Balaban J connectivity index is 1.51. The van der Waals surface area contributed by atoms with Crippen LogP contribution in [0.25, 0.3) is 11.0 Å². The van der Waals surface area contributed by atoms with Crippen molar-refractivity contribution in [2.45, 2.75) is 13.5 Å². The number of halogens is 1. The van der Waals surface area contributed by atoms with Gasteiger partial charge in [-0.3, -0.25) is 4.90 Å². The highest BCUT2D eigenvalue weighted by molar-refractivity contribution is 5.80. The number of para-hydroxylation sites is 1. The van der Waals surface area contributed by atoms with Crippen LogP contribution < -0.4 is 10.5 Å². The van der Waals surface area contributed by atoms with Gasteiger partial charge in [-0.25, -0.2) is 9.18 Å². The number of nitrogens with zero attached hydrogens (tertiary/aromatic N) is 2. The monoisotopic (exact) mass is 352 g/mol. The van der Waals surface area contributed by atoms with Crippen LogP contribution in [0.2, 0.25) is 0 Å². The number of anilines is 1. The van der Waals surface area contributed by atoms with E-state index in [1.165, 1.54) is 6.07 Å². The van der Waals surface area contributed by atoms with Crippen LogP contribution >= 0.6 is 0 Å². The molecule has 0 N–H and O–H groups in total. The number of piperazine rings is 1. The zero-order chi connectivity index (χ0) is 18.1. The summed E-state index contributed by atoms with van der Waals surface area (Å²) in [5.74, 6) is -0.178. The highest BCUT2D eigenvalue weighted by atomic mass is 19.1. The van der Waals surface area contributed by atoms with Crippen molar-refractivity contribution in [3.05, 3.63) is 75.9 Å². The van der Waals surface area contributed by atoms with Gasteiger partial charge in [0, 0.05) is 44.2 Å². The molecule has 0 unspecified atom stereocenters. The molecule has 2 heterocycles. The number of fused-ring (bicyclic) bond motifs is 1. The van der Waals surface area contributed by atoms with Crippen molar-refractivity contribution in [2.24, 2.45) is 0 Å². The van der Waals surface area contributed by atoms with E-state index in [4.69, 9.17) is 4.42 Å². The van der Waals surface area contributed by atoms with Gasteiger partial charge in [0.05, 0.1) is 5.69 Å². The second kappa shape index (κ2) is 6.92. The lowest BCUT2D eigenvalue weighted by molar-refractivity contribution is 0.249. The minimum absolute atomic E-state index is 0.178. The lowest BCUT2D eigenvalue weighted by Crippen LogP contribution is -2.46. The highest BCUT2D eigenvalue weighted by Crippen LogP contribution is 2.23. The predicted molar refractivity (Wildman–Crippen MR) is 101 cm³/mol. The topological polar surface area (TPSA) is 36.7 Å². The Hall–Kier alpha value is -2.66. The number of hydrogen-bond acceptors (Lipinski definition) is 4. The largest absolute Gasteiger partial charge is 0.423 e. The fraction of sp³-hybridized carbons (Fsp3) is 0.286. The van der Waals surface area contributed by atoms with Crippen molar-refractivity contribution in [1.29, 1.82) is 0 Å². The number of rotatable bonds is 3. The van der Waals surface area contributed by atoms with E-state index in [1.54, 1.807) is 12.1 Å². The van der Waals surface area contributed by atoms with E-state index >= 15 is 0 Å². The van der Waals surface area contributed by atoms with Gasteiger partial charge in [-0.15, -0.1) is 0 Å². The molecule has 0 aliphatic carbocycles. The van der Waals surface area contributed by atoms with Crippen molar-refractivity contribution in [1.82, 2.24) is 4.90 Å². The van der Waals surface area contributed by atoms with E-state index < -0.39 is 0 Å². The Morgan fingerprint density at radius 2 is 1.81 bits per heavy atom. The molecule has 4 nitrogen and oxygen atoms in total. The second-order valence-electron chi connectivity index (χ2n) is 6.80. The van der Waals surface area contributed by atoms with Crippen LogP contribution in [-0.2, 0) is 6.54 Å². The molecule has 1 saturated heterocycles. The third-order valence-electron chi connectivity index (χ3n) is 4.94. The van der Waals surface area contributed by atoms with Crippen molar-refractivity contribution in [2.75, 3.05) is 31.1 Å². The quantitative estimate of drug-likeness (QED) is 0.676. The molecule has 0 saturated carbocycles. The highest BCUT2D eigenvalue weighted by Gasteiger charge is 2.20. The normalized spacial score (nSPS) is 15.5. The van der Waals surface area contributed by atoms with Gasteiger partial charge in [-0.1, -0.05) is 23.8 Å². The summed E-state index contributed by atoms with van der Waals surface area (Å²) in [5, 5.41) is 0.987. The van der Waals surface area contributed by atoms with Crippen LogP contribution in [0.1, 0.15) is 11.1 Å². The van der Waals surface area contributed by atoms with Crippen molar-refractivity contribution in [3.63, 3.8) is 0 Å². The maximum absolute atomic E-state index is 14.0. The Labute approximate surface area is 151 Å². The summed E-state index contributed by atoms with van der Waals surface area (Å²) in [6.45, 7) is 5.89. The van der Waals surface area contributed by atoms with Crippen LogP contribution in [-0.4, -0.2) is 31.1 Å². The molecule has 1 aromatic heterocycles. The Bertz CT molecular complexity index is 991. The Morgan fingerprint density at radius 3 is 2.58 bits per heavy atom. The lowest BCUT2D eigenvalue weighted by atomic mass is 10.1. The Kier molecular flexibility index (Phi) is 4.47.